The predicted molar refractivity (Wildman–Crippen MR) is 59.2 cm³/mol. The van der Waals surface area contributed by atoms with E-state index < -0.39 is 11.6 Å². The minimum atomic E-state index is -0.886. The van der Waals surface area contributed by atoms with Crippen LogP contribution in [0.1, 0.15) is 26.2 Å². The van der Waals surface area contributed by atoms with Gasteiger partial charge in [0.2, 0.25) is 0 Å². The summed E-state index contributed by atoms with van der Waals surface area (Å²) in [6, 6.07) is 3.53. The summed E-state index contributed by atoms with van der Waals surface area (Å²) in [4.78, 5) is 0. The molecule has 1 atom stereocenters. The van der Waals surface area contributed by atoms with Crippen LogP contribution in [0.3, 0.4) is 0 Å². The van der Waals surface area contributed by atoms with Crippen molar-refractivity contribution in [2.45, 2.75) is 31.2 Å². The van der Waals surface area contributed by atoms with Crippen molar-refractivity contribution < 1.29 is 13.5 Å². The van der Waals surface area contributed by atoms with Gasteiger partial charge in [0.15, 0.2) is 16.6 Å². The monoisotopic (exact) mass is 278 g/mol. The smallest absolute Gasteiger partial charge is 0.162 e. The third-order valence-electron chi connectivity index (χ3n) is 1.94. The quantitative estimate of drug-likeness (QED) is 0.732. The first-order valence-electron chi connectivity index (χ1n) is 4.89. The van der Waals surface area contributed by atoms with E-state index in [0.717, 1.165) is 31.4 Å². The summed E-state index contributed by atoms with van der Waals surface area (Å²) in [5.41, 5.74) is 0. The Morgan fingerprint density at radius 1 is 1.33 bits per heavy atom. The SMILES string of the molecule is CCCCC(Br)Oc1ccc(F)c(F)c1. The van der Waals surface area contributed by atoms with E-state index in [1.54, 1.807) is 0 Å². The number of rotatable bonds is 5. The third kappa shape index (κ3) is 4.16. The third-order valence-corrected chi connectivity index (χ3v) is 2.58. The fraction of sp³-hybridized carbons (Fsp3) is 0.455. The van der Waals surface area contributed by atoms with E-state index in [4.69, 9.17) is 4.74 Å². The molecular weight excluding hydrogens is 266 g/mol. The average Bonchev–Trinajstić information content (AvgIpc) is 2.20. The summed E-state index contributed by atoms with van der Waals surface area (Å²) in [6.07, 6.45) is 2.94. The molecule has 0 saturated heterocycles. The molecule has 1 rings (SSSR count). The van der Waals surface area contributed by atoms with E-state index in [9.17, 15) is 8.78 Å². The second-order valence-electron chi connectivity index (χ2n) is 3.25. The number of alkyl halides is 1. The van der Waals surface area contributed by atoms with Gasteiger partial charge in [-0.3, -0.25) is 0 Å². The van der Waals surface area contributed by atoms with Gasteiger partial charge < -0.3 is 4.74 Å². The molecule has 1 unspecified atom stereocenters. The van der Waals surface area contributed by atoms with Crippen molar-refractivity contribution >= 4 is 15.9 Å². The van der Waals surface area contributed by atoms with Gasteiger partial charge in [-0.15, -0.1) is 0 Å². The van der Waals surface area contributed by atoms with Crippen molar-refractivity contribution in [3.63, 3.8) is 0 Å². The maximum atomic E-state index is 12.8. The lowest BCUT2D eigenvalue weighted by atomic mass is 10.2. The highest BCUT2D eigenvalue weighted by Gasteiger charge is 2.07. The van der Waals surface area contributed by atoms with Gasteiger partial charge in [-0.2, -0.15) is 0 Å². The van der Waals surface area contributed by atoms with Crippen LogP contribution in [0.5, 0.6) is 5.75 Å². The molecule has 0 fully saturated rings. The molecule has 0 amide bonds. The molecule has 1 nitrogen and oxygen atoms in total. The number of hydrogen-bond donors (Lipinski definition) is 0. The molecule has 0 aliphatic rings. The zero-order chi connectivity index (χ0) is 11.3. The van der Waals surface area contributed by atoms with E-state index in [2.05, 4.69) is 22.9 Å². The lowest BCUT2D eigenvalue weighted by Gasteiger charge is -2.12. The van der Waals surface area contributed by atoms with Gasteiger partial charge in [0.05, 0.1) is 0 Å². The average molecular weight is 279 g/mol. The molecule has 0 saturated carbocycles. The summed E-state index contributed by atoms with van der Waals surface area (Å²) in [5, 5.41) is -0.151. The van der Waals surface area contributed by atoms with Crippen LogP contribution in [-0.4, -0.2) is 5.01 Å². The highest BCUT2D eigenvalue weighted by Crippen LogP contribution is 2.20. The molecule has 0 aromatic heterocycles. The van der Waals surface area contributed by atoms with Crippen LogP contribution in [0.25, 0.3) is 0 Å². The van der Waals surface area contributed by atoms with Crippen molar-refractivity contribution in [3.8, 4) is 5.75 Å². The van der Waals surface area contributed by atoms with Crippen molar-refractivity contribution in [2.24, 2.45) is 0 Å². The van der Waals surface area contributed by atoms with E-state index in [0.29, 0.717) is 5.75 Å². The summed E-state index contributed by atoms with van der Waals surface area (Å²) in [6.45, 7) is 2.08. The van der Waals surface area contributed by atoms with Crippen LogP contribution < -0.4 is 4.74 Å². The van der Waals surface area contributed by atoms with Crippen LogP contribution in [0.15, 0.2) is 18.2 Å². The summed E-state index contributed by atoms with van der Waals surface area (Å²) >= 11 is 3.32. The number of benzene rings is 1. The van der Waals surface area contributed by atoms with Crippen molar-refractivity contribution in [1.82, 2.24) is 0 Å². The Hall–Kier alpha value is -0.640. The number of halogens is 3. The number of unbranched alkanes of at least 4 members (excludes halogenated alkanes) is 1. The van der Waals surface area contributed by atoms with Crippen LogP contribution in [0, 0.1) is 11.6 Å². The summed E-state index contributed by atoms with van der Waals surface area (Å²) in [7, 11) is 0. The van der Waals surface area contributed by atoms with Crippen molar-refractivity contribution in [1.29, 1.82) is 0 Å². The Morgan fingerprint density at radius 2 is 2.07 bits per heavy atom. The molecule has 0 bridgehead atoms. The number of ether oxygens (including phenoxy) is 1. The predicted octanol–water partition coefficient (Wildman–Crippen LogP) is 4.25. The molecule has 0 aliphatic heterocycles. The maximum absolute atomic E-state index is 12.8. The molecule has 15 heavy (non-hydrogen) atoms. The van der Waals surface area contributed by atoms with Gasteiger partial charge in [0, 0.05) is 6.07 Å². The fourth-order valence-corrected chi connectivity index (χ4v) is 1.66. The van der Waals surface area contributed by atoms with Crippen LogP contribution in [0.4, 0.5) is 8.78 Å². The molecule has 0 N–H and O–H groups in total. The van der Waals surface area contributed by atoms with Crippen LogP contribution >= 0.6 is 15.9 Å². The van der Waals surface area contributed by atoms with Gasteiger partial charge in [0.1, 0.15) is 5.75 Å². The van der Waals surface area contributed by atoms with E-state index in [1.165, 1.54) is 6.07 Å². The first-order chi connectivity index (χ1) is 7.13. The highest BCUT2D eigenvalue weighted by molar-refractivity contribution is 9.09. The minimum absolute atomic E-state index is 0.151. The van der Waals surface area contributed by atoms with Gasteiger partial charge >= 0.3 is 0 Å². The van der Waals surface area contributed by atoms with Crippen molar-refractivity contribution in [3.05, 3.63) is 29.8 Å². The van der Waals surface area contributed by atoms with Crippen LogP contribution in [0.2, 0.25) is 0 Å². The normalized spacial score (nSPS) is 12.5. The van der Waals surface area contributed by atoms with E-state index >= 15 is 0 Å². The first-order valence-corrected chi connectivity index (χ1v) is 5.81. The number of hydrogen-bond acceptors (Lipinski definition) is 1. The highest BCUT2D eigenvalue weighted by atomic mass is 79.9. The van der Waals surface area contributed by atoms with Gasteiger partial charge in [-0.25, -0.2) is 8.78 Å². The lowest BCUT2D eigenvalue weighted by molar-refractivity contribution is 0.277. The molecule has 0 spiro atoms. The van der Waals surface area contributed by atoms with Gasteiger partial charge in [-0.05, 0) is 40.9 Å². The largest absolute Gasteiger partial charge is 0.479 e. The summed E-state index contributed by atoms with van der Waals surface area (Å²) < 4.78 is 30.8. The topological polar surface area (TPSA) is 9.23 Å². The molecule has 1 aromatic rings. The lowest BCUT2D eigenvalue weighted by Crippen LogP contribution is -2.07. The standard InChI is InChI=1S/C11H13BrF2O/c1-2-3-4-11(12)15-8-5-6-9(13)10(14)7-8/h5-7,11H,2-4H2,1H3. The zero-order valence-corrected chi connectivity index (χ0v) is 10.1. The second-order valence-corrected chi connectivity index (χ2v) is 4.27. The Kier molecular flexibility index (Phi) is 5.02. The Balaban J connectivity index is 2.53. The van der Waals surface area contributed by atoms with Crippen LogP contribution in [-0.2, 0) is 0 Å². The fourth-order valence-electron chi connectivity index (χ4n) is 1.12. The molecule has 4 heteroatoms. The Morgan fingerprint density at radius 3 is 2.67 bits per heavy atom. The molecular formula is C11H13BrF2O. The second kappa shape index (κ2) is 6.05. The maximum Gasteiger partial charge on any atom is 0.162 e. The minimum Gasteiger partial charge on any atom is -0.479 e. The van der Waals surface area contributed by atoms with Gasteiger partial charge in [0.25, 0.3) is 0 Å². The van der Waals surface area contributed by atoms with Crippen molar-refractivity contribution in [2.75, 3.05) is 0 Å². The summed E-state index contributed by atoms with van der Waals surface area (Å²) in [5.74, 6) is -1.41. The first kappa shape index (κ1) is 12.4. The zero-order valence-electron chi connectivity index (χ0n) is 8.47. The molecule has 0 radical (unpaired) electrons. The molecule has 0 aliphatic carbocycles. The molecule has 84 valence electrons. The van der Waals surface area contributed by atoms with Gasteiger partial charge in [-0.1, -0.05) is 13.3 Å². The van der Waals surface area contributed by atoms with E-state index in [1.807, 2.05) is 0 Å². The Bertz CT molecular complexity index is 317. The Labute approximate surface area is 96.6 Å². The molecule has 0 heterocycles. The van der Waals surface area contributed by atoms with E-state index in [-0.39, 0.29) is 5.01 Å². The molecule has 1 aromatic carbocycles.